The van der Waals surface area contributed by atoms with Crippen LogP contribution in [0.1, 0.15) is 21.2 Å². The maximum atomic E-state index is 13.2. The number of rotatable bonds is 6. The molecule has 5 nitrogen and oxygen atoms in total. The van der Waals surface area contributed by atoms with Crippen LogP contribution in [-0.4, -0.2) is 25.9 Å². The van der Waals surface area contributed by atoms with E-state index in [-0.39, 0.29) is 17.3 Å². The van der Waals surface area contributed by atoms with Gasteiger partial charge in [-0.1, -0.05) is 35.9 Å². The number of benzene rings is 2. The van der Waals surface area contributed by atoms with E-state index >= 15 is 0 Å². The number of carbonyl (C=O) groups is 1. The molecule has 0 unspecified atom stereocenters. The highest BCUT2D eigenvalue weighted by Crippen LogP contribution is 2.29. The number of pyridine rings is 1. The van der Waals surface area contributed by atoms with Gasteiger partial charge in [-0.3, -0.25) is 9.78 Å². The second-order valence-electron chi connectivity index (χ2n) is 5.85. The van der Waals surface area contributed by atoms with Crippen LogP contribution >= 0.6 is 11.6 Å². The van der Waals surface area contributed by atoms with Crippen LogP contribution in [0, 0.1) is 0 Å². The Kier molecular flexibility index (Phi) is 5.88. The lowest BCUT2D eigenvalue weighted by atomic mass is 10.2. The fourth-order valence-corrected chi connectivity index (χ4v) is 4.41. The average molecular weight is 401 g/mol. The lowest BCUT2D eigenvalue weighted by Crippen LogP contribution is -2.32. The highest BCUT2D eigenvalue weighted by molar-refractivity contribution is 7.91. The van der Waals surface area contributed by atoms with E-state index in [9.17, 15) is 13.2 Å². The summed E-state index contributed by atoms with van der Waals surface area (Å²) in [5.74, 6) is -0.337. The van der Waals surface area contributed by atoms with Gasteiger partial charge in [-0.2, -0.15) is 0 Å². The topological polar surface area (TPSA) is 76.1 Å². The zero-order valence-electron chi connectivity index (χ0n) is 14.2. The molecule has 3 rings (SSSR count). The number of amides is 1. The van der Waals surface area contributed by atoms with Crippen molar-refractivity contribution >= 4 is 27.3 Å². The Morgan fingerprint density at radius 3 is 2.33 bits per heavy atom. The van der Waals surface area contributed by atoms with Crippen LogP contribution < -0.4 is 5.32 Å². The number of nitrogens with zero attached hydrogens (tertiary/aromatic N) is 1. The third-order valence-corrected chi connectivity index (χ3v) is 6.43. The van der Waals surface area contributed by atoms with Gasteiger partial charge in [-0.05, 0) is 48.0 Å². The van der Waals surface area contributed by atoms with Crippen molar-refractivity contribution in [3.63, 3.8) is 0 Å². The molecule has 0 aliphatic carbocycles. The molecule has 1 heterocycles. The standard InChI is InChI=1S/C20H17ClN2O3S/c21-17-8-10-18(11-9-17)27(25,26)19(16-7-4-12-22-13-16)14-23-20(24)15-5-2-1-3-6-15/h1-13,19H,14H2,(H,23,24)/t19-/m0/s1. The van der Waals surface area contributed by atoms with Gasteiger partial charge in [-0.25, -0.2) is 8.42 Å². The van der Waals surface area contributed by atoms with E-state index in [0.717, 1.165) is 0 Å². The van der Waals surface area contributed by atoms with Crippen molar-refractivity contribution < 1.29 is 13.2 Å². The van der Waals surface area contributed by atoms with E-state index in [4.69, 9.17) is 11.6 Å². The Hall–Kier alpha value is -2.70. The fourth-order valence-electron chi connectivity index (χ4n) is 2.64. The average Bonchev–Trinajstić information content (AvgIpc) is 2.69. The van der Waals surface area contributed by atoms with Crippen molar-refractivity contribution in [2.24, 2.45) is 0 Å². The van der Waals surface area contributed by atoms with E-state index in [1.807, 2.05) is 0 Å². The first-order valence-electron chi connectivity index (χ1n) is 8.21. The molecule has 0 aliphatic rings. The van der Waals surface area contributed by atoms with Gasteiger partial charge < -0.3 is 5.32 Å². The third-order valence-electron chi connectivity index (χ3n) is 4.06. The first-order chi connectivity index (χ1) is 13.0. The van der Waals surface area contributed by atoms with Crippen molar-refractivity contribution in [1.82, 2.24) is 10.3 Å². The quantitative estimate of drug-likeness (QED) is 0.684. The summed E-state index contributed by atoms with van der Waals surface area (Å²) >= 11 is 5.87. The monoisotopic (exact) mass is 400 g/mol. The molecule has 0 fully saturated rings. The molecule has 138 valence electrons. The van der Waals surface area contributed by atoms with Crippen LogP contribution in [0.25, 0.3) is 0 Å². The van der Waals surface area contributed by atoms with Gasteiger partial charge in [0.2, 0.25) is 0 Å². The van der Waals surface area contributed by atoms with Gasteiger partial charge in [0.05, 0.1) is 4.90 Å². The van der Waals surface area contributed by atoms with E-state index in [1.165, 1.54) is 30.5 Å². The molecule has 1 aromatic heterocycles. The minimum absolute atomic E-state index is 0.0790. The van der Waals surface area contributed by atoms with Crippen LogP contribution in [0.3, 0.4) is 0 Å². The van der Waals surface area contributed by atoms with Crippen LogP contribution in [0.15, 0.2) is 84.0 Å². The van der Waals surface area contributed by atoms with Crippen LogP contribution in [-0.2, 0) is 9.84 Å². The van der Waals surface area contributed by atoms with Crippen LogP contribution in [0.4, 0.5) is 0 Å². The van der Waals surface area contributed by atoms with Gasteiger partial charge >= 0.3 is 0 Å². The number of hydrogen-bond acceptors (Lipinski definition) is 4. The van der Waals surface area contributed by atoms with Gasteiger partial charge in [0.15, 0.2) is 9.84 Å². The summed E-state index contributed by atoms with van der Waals surface area (Å²) in [6, 6.07) is 18.0. The van der Waals surface area contributed by atoms with Crippen molar-refractivity contribution in [2.45, 2.75) is 10.1 Å². The predicted octanol–water partition coefficient (Wildman–Crippen LogP) is 3.68. The maximum absolute atomic E-state index is 13.2. The molecule has 1 N–H and O–H groups in total. The number of halogens is 1. The number of aromatic nitrogens is 1. The van der Waals surface area contributed by atoms with Gasteiger partial charge in [-0.15, -0.1) is 0 Å². The number of carbonyl (C=O) groups excluding carboxylic acids is 1. The molecule has 0 spiro atoms. The summed E-state index contributed by atoms with van der Waals surface area (Å²) in [4.78, 5) is 16.5. The molecular formula is C20H17ClN2O3S. The first-order valence-corrected chi connectivity index (χ1v) is 10.1. The summed E-state index contributed by atoms with van der Waals surface area (Å²) < 4.78 is 26.3. The predicted molar refractivity (Wildman–Crippen MR) is 104 cm³/mol. The molecule has 3 aromatic rings. The SMILES string of the molecule is O=C(NC[C@@H](c1cccnc1)S(=O)(=O)c1ccc(Cl)cc1)c1ccccc1. The third kappa shape index (κ3) is 4.53. The van der Waals surface area contributed by atoms with Gasteiger partial charge in [0.25, 0.3) is 5.91 Å². The van der Waals surface area contributed by atoms with Crippen LogP contribution in [0.2, 0.25) is 5.02 Å². The van der Waals surface area contributed by atoms with Crippen LogP contribution in [0.5, 0.6) is 0 Å². The molecule has 0 saturated carbocycles. The molecule has 2 aromatic carbocycles. The molecule has 0 radical (unpaired) electrons. The summed E-state index contributed by atoms with van der Waals surface area (Å²) in [7, 11) is -3.76. The molecule has 27 heavy (non-hydrogen) atoms. The second kappa shape index (κ2) is 8.33. The van der Waals surface area contributed by atoms with Gasteiger partial charge in [0, 0.05) is 29.5 Å². The number of hydrogen-bond donors (Lipinski definition) is 1. The smallest absolute Gasteiger partial charge is 0.251 e. The second-order valence-corrected chi connectivity index (χ2v) is 8.42. The summed E-state index contributed by atoms with van der Waals surface area (Å²) in [5.41, 5.74) is 0.965. The number of nitrogens with one attached hydrogen (secondary N) is 1. The minimum Gasteiger partial charge on any atom is -0.350 e. The molecule has 1 atom stereocenters. The van der Waals surface area contributed by atoms with Crippen molar-refractivity contribution in [2.75, 3.05) is 6.54 Å². The maximum Gasteiger partial charge on any atom is 0.251 e. The molecule has 1 amide bonds. The normalized spacial score (nSPS) is 12.3. The fraction of sp³-hybridized carbons (Fsp3) is 0.100. The lowest BCUT2D eigenvalue weighted by Gasteiger charge is -2.19. The largest absolute Gasteiger partial charge is 0.350 e. The molecular weight excluding hydrogens is 384 g/mol. The van der Waals surface area contributed by atoms with Crippen molar-refractivity contribution in [1.29, 1.82) is 0 Å². The van der Waals surface area contributed by atoms with E-state index in [2.05, 4.69) is 10.3 Å². The Labute approximate surface area is 163 Å². The minimum atomic E-state index is -3.76. The first kappa shape index (κ1) is 19.1. The van der Waals surface area contributed by atoms with E-state index in [0.29, 0.717) is 16.1 Å². The molecule has 7 heteroatoms. The Bertz CT molecular complexity index is 1010. The van der Waals surface area contributed by atoms with Gasteiger partial charge in [0.1, 0.15) is 5.25 Å². The highest BCUT2D eigenvalue weighted by Gasteiger charge is 2.30. The summed E-state index contributed by atoms with van der Waals surface area (Å²) in [6.45, 7) is -0.0790. The molecule has 0 bridgehead atoms. The zero-order chi connectivity index (χ0) is 19.3. The van der Waals surface area contributed by atoms with E-state index < -0.39 is 15.1 Å². The molecule has 0 aliphatic heterocycles. The Morgan fingerprint density at radius 1 is 1.00 bits per heavy atom. The number of sulfone groups is 1. The summed E-state index contributed by atoms with van der Waals surface area (Å²) in [5, 5.41) is 2.19. The zero-order valence-corrected chi connectivity index (χ0v) is 15.8. The highest BCUT2D eigenvalue weighted by atomic mass is 35.5. The lowest BCUT2D eigenvalue weighted by molar-refractivity contribution is 0.0953. The summed E-state index contributed by atoms with van der Waals surface area (Å²) in [6.07, 6.45) is 3.06. The Morgan fingerprint density at radius 2 is 1.70 bits per heavy atom. The van der Waals surface area contributed by atoms with E-state index in [1.54, 1.807) is 48.7 Å². The molecule has 0 saturated heterocycles. The van der Waals surface area contributed by atoms with Crippen molar-refractivity contribution in [3.05, 3.63) is 95.3 Å². The van der Waals surface area contributed by atoms with Crippen molar-refractivity contribution in [3.8, 4) is 0 Å². The Balaban J connectivity index is 1.90.